The van der Waals surface area contributed by atoms with E-state index in [1.807, 2.05) is 24.4 Å². The van der Waals surface area contributed by atoms with Gasteiger partial charge in [-0.2, -0.15) is 0 Å². The summed E-state index contributed by atoms with van der Waals surface area (Å²) in [5, 5.41) is 7.40. The molecule has 0 atom stereocenters. The highest BCUT2D eigenvalue weighted by atomic mass is 35.5. The van der Waals surface area contributed by atoms with Crippen LogP contribution >= 0.6 is 22.9 Å². The van der Waals surface area contributed by atoms with Gasteiger partial charge >= 0.3 is 0 Å². The third-order valence-electron chi connectivity index (χ3n) is 2.70. The lowest BCUT2D eigenvalue weighted by Crippen LogP contribution is -1.88. The summed E-state index contributed by atoms with van der Waals surface area (Å²) in [6, 6.07) is 7.38. The van der Waals surface area contributed by atoms with E-state index >= 15 is 0 Å². The standard InChI is InChI=1S/C13H10ClN3OS/c1-7-16-10(6-19-7)12-11(13(15)17-18-12)8-2-4-9(14)5-3-8/h2-6H,1H3,(H2,15,17). The molecule has 0 amide bonds. The molecular formula is C13H10ClN3OS. The first-order chi connectivity index (χ1) is 9.15. The second kappa shape index (κ2) is 4.68. The Morgan fingerprint density at radius 1 is 1.26 bits per heavy atom. The molecule has 0 bridgehead atoms. The van der Waals surface area contributed by atoms with Gasteiger partial charge in [0.2, 0.25) is 0 Å². The molecule has 2 aromatic heterocycles. The van der Waals surface area contributed by atoms with Crippen LogP contribution < -0.4 is 5.73 Å². The maximum atomic E-state index is 5.89. The van der Waals surface area contributed by atoms with Gasteiger partial charge in [-0.05, 0) is 24.6 Å². The zero-order valence-corrected chi connectivity index (χ0v) is 11.6. The Labute approximate surface area is 118 Å². The molecule has 19 heavy (non-hydrogen) atoms. The van der Waals surface area contributed by atoms with Gasteiger partial charge in [0.25, 0.3) is 0 Å². The first-order valence-corrected chi connectivity index (χ1v) is 6.84. The fraction of sp³-hybridized carbons (Fsp3) is 0.0769. The largest absolute Gasteiger partial charge is 0.380 e. The van der Waals surface area contributed by atoms with Gasteiger partial charge < -0.3 is 10.3 Å². The molecule has 0 unspecified atom stereocenters. The Morgan fingerprint density at radius 3 is 2.63 bits per heavy atom. The predicted octanol–water partition coefficient (Wildman–Crippen LogP) is 4.01. The van der Waals surface area contributed by atoms with E-state index in [1.54, 1.807) is 23.5 Å². The van der Waals surface area contributed by atoms with Crippen molar-refractivity contribution < 1.29 is 4.52 Å². The molecule has 0 saturated carbocycles. The molecule has 0 aliphatic carbocycles. The van der Waals surface area contributed by atoms with E-state index in [-0.39, 0.29) is 0 Å². The Hall–Kier alpha value is -1.85. The smallest absolute Gasteiger partial charge is 0.196 e. The zero-order valence-electron chi connectivity index (χ0n) is 10.1. The topological polar surface area (TPSA) is 64.9 Å². The van der Waals surface area contributed by atoms with Crippen LogP contribution in [0.2, 0.25) is 5.02 Å². The average molecular weight is 292 g/mol. The fourth-order valence-corrected chi connectivity index (χ4v) is 2.56. The summed E-state index contributed by atoms with van der Waals surface area (Å²) < 4.78 is 5.32. The van der Waals surface area contributed by atoms with E-state index in [2.05, 4.69) is 10.1 Å². The second-order valence-electron chi connectivity index (χ2n) is 4.03. The van der Waals surface area contributed by atoms with Crippen molar-refractivity contribution in [2.24, 2.45) is 0 Å². The Kier molecular flexibility index (Phi) is 3.00. The molecule has 0 radical (unpaired) electrons. The number of thiazole rings is 1. The van der Waals surface area contributed by atoms with E-state index in [0.29, 0.717) is 16.6 Å². The summed E-state index contributed by atoms with van der Waals surface area (Å²) in [5.41, 5.74) is 8.30. The number of halogens is 1. The predicted molar refractivity (Wildman–Crippen MR) is 77.2 cm³/mol. The number of benzene rings is 1. The number of aromatic nitrogens is 2. The summed E-state index contributed by atoms with van der Waals surface area (Å²) in [4.78, 5) is 4.40. The molecule has 0 saturated heterocycles. The van der Waals surface area contributed by atoms with E-state index in [1.165, 1.54) is 0 Å². The molecule has 0 fully saturated rings. The fourth-order valence-electron chi connectivity index (χ4n) is 1.84. The van der Waals surface area contributed by atoms with Crippen LogP contribution in [0, 0.1) is 6.92 Å². The van der Waals surface area contributed by atoms with Gasteiger partial charge in [-0.25, -0.2) is 4.98 Å². The monoisotopic (exact) mass is 291 g/mol. The molecule has 2 N–H and O–H groups in total. The Bertz CT molecular complexity index is 718. The molecule has 4 nitrogen and oxygen atoms in total. The summed E-state index contributed by atoms with van der Waals surface area (Å²) in [6.45, 7) is 1.94. The molecule has 6 heteroatoms. The maximum Gasteiger partial charge on any atom is 0.196 e. The van der Waals surface area contributed by atoms with E-state index in [4.69, 9.17) is 21.9 Å². The van der Waals surface area contributed by atoms with Crippen LogP contribution in [0.25, 0.3) is 22.6 Å². The maximum absolute atomic E-state index is 5.89. The van der Waals surface area contributed by atoms with Gasteiger partial charge in [-0.15, -0.1) is 11.3 Å². The number of anilines is 1. The molecule has 1 aromatic carbocycles. The number of hydrogen-bond donors (Lipinski definition) is 1. The summed E-state index contributed by atoms with van der Waals surface area (Å²) in [7, 11) is 0. The van der Waals surface area contributed by atoms with Crippen molar-refractivity contribution in [3.63, 3.8) is 0 Å². The third-order valence-corrected chi connectivity index (χ3v) is 3.73. The van der Waals surface area contributed by atoms with Crippen molar-refractivity contribution in [3.05, 3.63) is 39.7 Å². The van der Waals surface area contributed by atoms with Crippen LogP contribution in [0.1, 0.15) is 5.01 Å². The molecule has 0 aliphatic heterocycles. The van der Waals surface area contributed by atoms with Gasteiger partial charge in [0, 0.05) is 10.4 Å². The number of nitrogens with zero attached hydrogens (tertiary/aromatic N) is 2. The van der Waals surface area contributed by atoms with Gasteiger partial charge in [0.15, 0.2) is 11.6 Å². The lowest BCUT2D eigenvalue weighted by Gasteiger charge is -2.01. The van der Waals surface area contributed by atoms with Crippen LogP contribution in [0.3, 0.4) is 0 Å². The first kappa shape index (κ1) is 12.2. The molecule has 3 rings (SSSR count). The molecular weight excluding hydrogens is 282 g/mol. The number of rotatable bonds is 2. The van der Waals surface area contributed by atoms with E-state index in [0.717, 1.165) is 21.8 Å². The molecule has 2 heterocycles. The number of nitrogens with two attached hydrogens (primary N) is 1. The quantitative estimate of drug-likeness (QED) is 0.775. The van der Waals surface area contributed by atoms with Crippen molar-refractivity contribution in [2.75, 3.05) is 5.73 Å². The minimum Gasteiger partial charge on any atom is -0.380 e. The minimum atomic E-state index is 0.350. The van der Waals surface area contributed by atoms with Crippen LogP contribution in [-0.2, 0) is 0 Å². The first-order valence-electron chi connectivity index (χ1n) is 5.59. The summed E-state index contributed by atoms with van der Waals surface area (Å²) >= 11 is 7.45. The molecule has 0 spiro atoms. The Morgan fingerprint density at radius 2 is 2.00 bits per heavy atom. The van der Waals surface area contributed by atoms with Crippen molar-refractivity contribution in [2.45, 2.75) is 6.92 Å². The normalized spacial score (nSPS) is 10.8. The molecule has 96 valence electrons. The number of aryl methyl sites for hydroxylation is 1. The lowest BCUT2D eigenvalue weighted by molar-refractivity contribution is 0.435. The van der Waals surface area contributed by atoms with Crippen molar-refractivity contribution >= 4 is 28.8 Å². The third kappa shape index (κ3) is 2.22. The second-order valence-corrected chi connectivity index (χ2v) is 5.53. The highest BCUT2D eigenvalue weighted by Crippen LogP contribution is 2.37. The van der Waals surface area contributed by atoms with Crippen LogP contribution in [-0.4, -0.2) is 10.1 Å². The van der Waals surface area contributed by atoms with E-state index < -0.39 is 0 Å². The number of nitrogen functional groups attached to an aromatic ring is 1. The van der Waals surface area contributed by atoms with E-state index in [9.17, 15) is 0 Å². The van der Waals surface area contributed by atoms with Crippen molar-refractivity contribution in [1.82, 2.24) is 10.1 Å². The van der Waals surface area contributed by atoms with Gasteiger partial charge in [0.1, 0.15) is 5.69 Å². The highest BCUT2D eigenvalue weighted by Gasteiger charge is 2.19. The molecule has 0 aliphatic rings. The minimum absolute atomic E-state index is 0.350. The van der Waals surface area contributed by atoms with Crippen LogP contribution in [0.4, 0.5) is 5.82 Å². The van der Waals surface area contributed by atoms with Crippen molar-refractivity contribution in [3.8, 4) is 22.6 Å². The van der Waals surface area contributed by atoms with Gasteiger partial charge in [-0.1, -0.05) is 28.9 Å². The van der Waals surface area contributed by atoms with Crippen molar-refractivity contribution in [1.29, 1.82) is 0 Å². The molecule has 3 aromatic rings. The van der Waals surface area contributed by atoms with Crippen LogP contribution in [0.15, 0.2) is 34.2 Å². The Balaban J connectivity index is 2.16. The average Bonchev–Trinajstić information content (AvgIpc) is 2.97. The zero-order chi connectivity index (χ0) is 13.4. The SMILES string of the molecule is Cc1nc(-c2onc(N)c2-c2ccc(Cl)cc2)cs1. The van der Waals surface area contributed by atoms with Gasteiger partial charge in [-0.3, -0.25) is 0 Å². The highest BCUT2D eigenvalue weighted by molar-refractivity contribution is 7.09. The summed E-state index contributed by atoms with van der Waals surface area (Å²) in [6.07, 6.45) is 0. The summed E-state index contributed by atoms with van der Waals surface area (Å²) in [5.74, 6) is 0.937. The number of hydrogen-bond acceptors (Lipinski definition) is 5. The lowest BCUT2D eigenvalue weighted by atomic mass is 10.0. The van der Waals surface area contributed by atoms with Gasteiger partial charge in [0.05, 0.1) is 10.6 Å². The van der Waals surface area contributed by atoms with Crippen LogP contribution in [0.5, 0.6) is 0 Å².